The molecule has 0 fully saturated rings. The van der Waals surface area contributed by atoms with E-state index in [4.69, 9.17) is 11.6 Å². The van der Waals surface area contributed by atoms with Gasteiger partial charge < -0.3 is 10.1 Å². The van der Waals surface area contributed by atoms with Crippen LogP contribution < -0.4 is 5.32 Å². The Bertz CT molecular complexity index is 745. The van der Waals surface area contributed by atoms with Crippen molar-refractivity contribution in [2.45, 2.75) is 6.92 Å². The van der Waals surface area contributed by atoms with Crippen LogP contribution in [0.25, 0.3) is 0 Å². The second-order valence-electron chi connectivity index (χ2n) is 4.70. The third kappa shape index (κ3) is 4.26. The maximum atomic E-state index is 13.6. The van der Waals surface area contributed by atoms with Crippen LogP contribution in [0.1, 0.15) is 15.9 Å². The van der Waals surface area contributed by atoms with E-state index in [-0.39, 0.29) is 10.7 Å². The van der Waals surface area contributed by atoms with Crippen molar-refractivity contribution in [1.29, 1.82) is 0 Å². The molecule has 0 atom stereocenters. The molecule has 1 N–H and O–H groups in total. The van der Waals surface area contributed by atoms with Gasteiger partial charge in [-0.05, 0) is 36.8 Å². The summed E-state index contributed by atoms with van der Waals surface area (Å²) in [5.41, 5.74) is 0.199. The van der Waals surface area contributed by atoms with Gasteiger partial charge in [-0.15, -0.1) is 0 Å². The molecule has 2 aromatic rings. The number of halogens is 3. The first-order valence-corrected chi connectivity index (χ1v) is 6.93. The molecule has 0 bridgehead atoms. The van der Waals surface area contributed by atoms with Crippen LogP contribution in [0.3, 0.4) is 0 Å². The summed E-state index contributed by atoms with van der Waals surface area (Å²) in [7, 11) is 0. The molecule has 120 valence electrons. The van der Waals surface area contributed by atoms with Gasteiger partial charge in [-0.2, -0.15) is 0 Å². The number of rotatable bonds is 4. The van der Waals surface area contributed by atoms with Crippen molar-refractivity contribution in [2.75, 3.05) is 11.9 Å². The third-order valence-electron chi connectivity index (χ3n) is 2.90. The standard InChI is InChI=1S/C16H12ClF2NO3/c1-9-5-6-13(12(19)7-9)20-14(21)8-23-16(22)15-10(17)3-2-4-11(15)18/h2-7H,8H2,1H3,(H,20,21). The summed E-state index contributed by atoms with van der Waals surface area (Å²) in [5, 5.41) is 2.13. The van der Waals surface area contributed by atoms with Gasteiger partial charge in [-0.1, -0.05) is 23.7 Å². The average molecular weight is 340 g/mol. The Morgan fingerprint density at radius 1 is 1.17 bits per heavy atom. The zero-order valence-corrected chi connectivity index (χ0v) is 12.8. The van der Waals surface area contributed by atoms with E-state index in [1.54, 1.807) is 13.0 Å². The highest BCUT2D eigenvalue weighted by atomic mass is 35.5. The molecule has 0 unspecified atom stereocenters. The van der Waals surface area contributed by atoms with E-state index in [1.807, 2.05) is 0 Å². The highest BCUT2D eigenvalue weighted by Crippen LogP contribution is 2.20. The lowest BCUT2D eigenvalue weighted by Gasteiger charge is -2.09. The lowest BCUT2D eigenvalue weighted by atomic mass is 10.2. The molecule has 0 aromatic heterocycles. The number of esters is 1. The molecule has 0 spiro atoms. The van der Waals surface area contributed by atoms with E-state index in [1.165, 1.54) is 24.3 Å². The number of ether oxygens (including phenoxy) is 1. The maximum Gasteiger partial charge on any atom is 0.343 e. The van der Waals surface area contributed by atoms with Gasteiger partial charge in [0.25, 0.3) is 5.91 Å². The van der Waals surface area contributed by atoms with Crippen LogP contribution in [0.15, 0.2) is 36.4 Å². The van der Waals surface area contributed by atoms with Crippen LogP contribution >= 0.6 is 11.6 Å². The fourth-order valence-corrected chi connectivity index (χ4v) is 2.04. The fraction of sp³-hybridized carbons (Fsp3) is 0.125. The molecular formula is C16H12ClF2NO3. The molecule has 0 radical (unpaired) electrons. The number of anilines is 1. The lowest BCUT2D eigenvalue weighted by molar-refractivity contribution is -0.119. The summed E-state index contributed by atoms with van der Waals surface area (Å²) >= 11 is 5.71. The van der Waals surface area contributed by atoms with Crippen LogP contribution in [0.5, 0.6) is 0 Å². The van der Waals surface area contributed by atoms with Crippen molar-refractivity contribution in [1.82, 2.24) is 0 Å². The molecule has 4 nitrogen and oxygen atoms in total. The van der Waals surface area contributed by atoms with Crippen LogP contribution in [0.4, 0.5) is 14.5 Å². The predicted octanol–water partition coefficient (Wildman–Crippen LogP) is 3.72. The van der Waals surface area contributed by atoms with Crippen molar-refractivity contribution in [2.24, 2.45) is 0 Å². The first-order chi connectivity index (χ1) is 10.9. The predicted molar refractivity (Wildman–Crippen MR) is 81.5 cm³/mol. The number of carbonyl (C=O) groups excluding carboxylic acids is 2. The quantitative estimate of drug-likeness (QED) is 0.864. The van der Waals surface area contributed by atoms with Crippen LogP contribution in [0.2, 0.25) is 5.02 Å². The summed E-state index contributed by atoms with van der Waals surface area (Å²) < 4.78 is 31.8. The van der Waals surface area contributed by atoms with Crippen LogP contribution in [-0.4, -0.2) is 18.5 Å². The lowest BCUT2D eigenvalue weighted by Crippen LogP contribution is -2.22. The second kappa shape index (κ2) is 7.19. The molecule has 2 aromatic carbocycles. The molecule has 2 rings (SSSR count). The summed E-state index contributed by atoms with van der Waals surface area (Å²) in [4.78, 5) is 23.4. The van der Waals surface area contributed by atoms with Gasteiger partial charge in [0.15, 0.2) is 6.61 Å². The minimum absolute atomic E-state index is 0.0411. The van der Waals surface area contributed by atoms with E-state index in [0.717, 1.165) is 6.07 Å². The van der Waals surface area contributed by atoms with Gasteiger partial charge in [0.2, 0.25) is 0 Å². The van der Waals surface area contributed by atoms with E-state index in [0.29, 0.717) is 5.56 Å². The first-order valence-electron chi connectivity index (χ1n) is 6.55. The fourth-order valence-electron chi connectivity index (χ4n) is 1.80. The van der Waals surface area contributed by atoms with E-state index in [9.17, 15) is 18.4 Å². The number of hydrogen-bond donors (Lipinski definition) is 1. The van der Waals surface area contributed by atoms with Gasteiger partial charge in [0, 0.05) is 0 Å². The summed E-state index contributed by atoms with van der Waals surface area (Å²) in [6, 6.07) is 7.96. The van der Waals surface area contributed by atoms with Gasteiger partial charge >= 0.3 is 5.97 Å². The van der Waals surface area contributed by atoms with Gasteiger partial charge in [0.1, 0.15) is 17.2 Å². The summed E-state index contributed by atoms with van der Waals surface area (Å²) in [6.45, 7) is 1.01. The van der Waals surface area contributed by atoms with Gasteiger partial charge in [0.05, 0.1) is 10.7 Å². The smallest absolute Gasteiger partial charge is 0.343 e. The molecule has 0 aliphatic carbocycles. The Labute approximate surface area is 136 Å². The molecule has 1 amide bonds. The van der Waals surface area contributed by atoms with E-state index >= 15 is 0 Å². The number of benzene rings is 2. The van der Waals surface area contributed by atoms with Crippen LogP contribution in [0, 0.1) is 18.6 Å². The molecule has 0 aliphatic rings. The highest BCUT2D eigenvalue weighted by molar-refractivity contribution is 6.33. The molecule has 23 heavy (non-hydrogen) atoms. The Morgan fingerprint density at radius 3 is 2.57 bits per heavy atom. The first kappa shape index (κ1) is 16.9. The van der Waals surface area contributed by atoms with E-state index < -0.39 is 35.7 Å². The number of aryl methyl sites for hydroxylation is 1. The van der Waals surface area contributed by atoms with Gasteiger partial charge in [-0.3, -0.25) is 4.79 Å². The normalized spacial score (nSPS) is 10.3. The molecule has 7 heteroatoms. The SMILES string of the molecule is Cc1ccc(NC(=O)COC(=O)c2c(F)cccc2Cl)c(F)c1. The monoisotopic (exact) mass is 339 g/mol. The zero-order valence-electron chi connectivity index (χ0n) is 12.0. The highest BCUT2D eigenvalue weighted by Gasteiger charge is 2.18. The Balaban J connectivity index is 1.98. The summed E-state index contributed by atoms with van der Waals surface area (Å²) in [6.07, 6.45) is 0. The number of carbonyl (C=O) groups is 2. The molecule has 0 saturated carbocycles. The molecule has 0 heterocycles. The van der Waals surface area contributed by atoms with Crippen molar-refractivity contribution in [3.05, 3.63) is 64.2 Å². The molecule has 0 saturated heterocycles. The number of hydrogen-bond acceptors (Lipinski definition) is 3. The Morgan fingerprint density at radius 2 is 1.91 bits per heavy atom. The molecule has 0 aliphatic heterocycles. The Hall–Kier alpha value is -2.47. The minimum Gasteiger partial charge on any atom is -0.452 e. The maximum absolute atomic E-state index is 13.6. The van der Waals surface area contributed by atoms with Gasteiger partial charge in [-0.25, -0.2) is 13.6 Å². The minimum atomic E-state index is -1.08. The summed E-state index contributed by atoms with van der Waals surface area (Å²) in [5.74, 6) is -3.30. The van der Waals surface area contributed by atoms with E-state index in [2.05, 4.69) is 10.1 Å². The molecular weight excluding hydrogens is 328 g/mol. The number of nitrogens with one attached hydrogen (secondary N) is 1. The largest absolute Gasteiger partial charge is 0.452 e. The second-order valence-corrected chi connectivity index (χ2v) is 5.11. The average Bonchev–Trinajstić information content (AvgIpc) is 2.48. The van der Waals surface area contributed by atoms with Crippen molar-refractivity contribution >= 4 is 29.2 Å². The van der Waals surface area contributed by atoms with Crippen LogP contribution in [-0.2, 0) is 9.53 Å². The van der Waals surface area contributed by atoms with Crippen molar-refractivity contribution in [3.63, 3.8) is 0 Å². The zero-order chi connectivity index (χ0) is 17.0. The third-order valence-corrected chi connectivity index (χ3v) is 3.21. The van der Waals surface area contributed by atoms with Crippen molar-refractivity contribution < 1.29 is 23.1 Å². The number of amides is 1. The topological polar surface area (TPSA) is 55.4 Å². The Kier molecular flexibility index (Phi) is 5.28. The van der Waals surface area contributed by atoms with Crippen molar-refractivity contribution in [3.8, 4) is 0 Å².